The maximum Gasteiger partial charge on any atom is 0.246 e. The minimum Gasteiger partial charge on any atom is -0.394 e. The van der Waals surface area contributed by atoms with Crippen LogP contribution in [0.2, 0.25) is 0 Å². The van der Waals surface area contributed by atoms with Gasteiger partial charge in [-0.3, -0.25) is 4.79 Å². The maximum atomic E-state index is 11.7. The molecule has 20 heavy (non-hydrogen) atoms. The van der Waals surface area contributed by atoms with Gasteiger partial charge in [0.05, 0.1) is 12.6 Å². The molecule has 0 aromatic heterocycles. The Hall–Kier alpha value is -0.770. The number of amides is 1. The normalized spacial score (nSPS) is 36.6. The number of carbonyl (C=O) groups excluding carboxylic acids is 1. The molecule has 2 heterocycles. The largest absolute Gasteiger partial charge is 0.394 e. The molecule has 2 rings (SSSR count). The van der Waals surface area contributed by atoms with Gasteiger partial charge in [0.15, 0.2) is 12.1 Å². The number of rotatable bonds is 5. The van der Waals surface area contributed by atoms with Crippen LogP contribution < -0.4 is 5.32 Å². The van der Waals surface area contributed by atoms with Gasteiger partial charge in [-0.05, 0) is 13.8 Å². The fourth-order valence-electron chi connectivity index (χ4n) is 2.49. The molecule has 0 bridgehead atoms. The summed E-state index contributed by atoms with van der Waals surface area (Å²) in [7, 11) is 1.41. The van der Waals surface area contributed by atoms with Crippen LogP contribution in [0.3, 0.4) is 0 Å². The summed E-state index contributed by atoms with van der Waals surface area (Å²) in [6, 6.07) is -0.619. The van der Waals surface area contributed by atoms with Crippen LogP contribution in [0.25, 0.3) is 0 Å². The summed E-state index contributed by atoms with van der Waals surface area (Å²) in [4.78, 5) is 11.7. The van der Waals surface area contributed by atoms with Crippen LogP contribution in [-0.4, -0.2) is 72.9 Å². The average Bonchev–Trinajstić information content (AvgIpc) is 2.82. The van der Waals surface area contributed by atoms with Gasteiger partial charge in [0.25, 0.3) is 0 Å². The molecule has 0 saturated carbocycles. The van der Waals surface area contributed by atoms with Crippen molar-refractivity contribution in [1.82, 2.24) is 5.32 Å². The predicted octanol–water partition coefficient (Wildman–Crippen LogP) is -1.65. The Balaban J connectivity index is 2.10. The summed E-state index contributed by atoms with van der Waals surface area (Å²) >= 11 is 0. The average molecular weight is 291 g/mol. The molecular weight excluding hydrogens is 270 g/mol. The van der Waals surface area contributed by atoms with E-state index in [0.717, 1.165) is 0 Å². The first-order valence-electron chi connectivity index (χ1n) is 6.46. The van der Waals surface area contributed by atoms with E-state index in [2.05, 4.69) is 5.32 Å². The van der Waals surface area contributed by atoms with Crippen molar-refractivity contribution in [3.63, 3.8) is 0 Å². The highest BCUT2D eigenvalue weighted by atomic mass is 16.8. The molecule has 3 N–H and O–H groups in total. The lowest BCUT2D eigenvalue weighted by Gasteiger charge is -2.28. The summed E-state index contributed by atoms with van der Waals surface area (Å²) in [5, 5.41) is 21.5. The lowest BCUT2D eigenvalue weighted by molar-refractivity contribution is -0.218. The molecule has 2 aliphatic heterocycles. The van der Waals surface area contributed by atoms with Gasteiger partial charge in [0.2, 0.25) is 5.91 Å². The second-order valence-corrected chi connectivity index (χ2v) is 5.35. The Morgan fingerprint density at radius 2 is 2.15 bits per heavy atom. The number of carbonyl (C=O) groups is 1. The third-order valence-corrected chi connectivity index (χ3v) is 3.26. The zero-order valence-electron chi connectivity index (χ0n) is 11.7. The molecule has 2 fully saturated rings. The smallest absolute Gasteiger partial charge is 0.246 e. The van der Waals surface area contributed by atoms with Crippen molar-refractivity contribution in [1.29, 1.82) is 0 Å². The van der Waals surface area contributed by atoms with Crippen molar-refractivity contribution in [3.05, 3.63) is 0 Å². The topological polar surface area (TPSA) is 106 Å². The summed E-state index contributed by atoms with van der Waals surface area (Å²) in [6.07, 6.45) is -3.17. The number of methoxy groups -OCH3 is 1. The van der Waals surface area contributed by atoms with E-state index >= 15 is 0 Å². The van der Waals surface area contributed by atoms with Crippen molar-refractivity contribution in [2.24, 2.45) is 0 Å². The summed E-state index contributed by atoms with van der Waals surface area (Å²) in [5.74, 6) is -1.18. The zero-order valence-corrected chi connectivity index (χ0v) is 11.7. The Labute approximate surface area is 116 Å². The molecule has 0 aliphatic carbocycles. The van der Waals surface area contributed by atoms with E-state index in [0.29, 0.717) is 0 Å². The van der Waals surface area contributed by atoms with Gasteiger partial charge in [-0.1, -0.05) is 0 Å². The number of nitrogens with one attached hydrogen (secondary N) is 1. The Kier molecular flexibility index (Phi) is 4.62. The summed E-state index contributed by atoms with van der Waals surface area (Å²) in [5.41, 5.74) is 0. The highest BCUT2D eigenvalue weighted by Gasteiger charge is 2.56. The standard InChI is InChI=1S/C12H21NO7/c1-12(2)19-10-8(13-7(16)5-17-3)9(6(15)4-14)18-11(10)20-12/h6,8-11,14-15H,4-5H2,1-3H3,(H,13,16)/t6-,8+,9-,10-,11-/m1/s1. The van der Waals surface area contributed by atoms with Crippen LogP contribution in [-0.2, 0) is 23.7 Å². The second-order valence-electron chi connectivity index (χ2n) is 5.35. The summed E-state index contributed by atoms with van der Waals surface area (Å²) in [6.45, 7) is 2.88. The van der Waals surface area contributed by atoms with Crippen LogP contribution in [0.1, 0.15) is 13.8 Å². The van der Waals surface area contributed by atoms with Crippen molar-refractivity contribution < 1.29 is 34.0 Å². The van der Waals surface area contributed by atoms with Crippen LogP contribution in [0.4, 0.5) is 0 Å². The molecule has 8 heteroatoms. The molecule has 0 unspecified atom stereocenters. The summed E-state index contributed by atoms with van der Waals surface area (Å²) < 4.78 is 21.5. The highest BCUT2D eigenvalue weighted by molar-refractivity contribution is 5.77. The van der Waals surface area contributed by atoms with Gasteiger partial charge in [-0.15, -0.1) is 0 Å². The lowest BCUT2D eigenvalue weighted by atomic mass is 10.0. The number of hydrogen-bond acceptors (Lipinski definition) is 7. The fraction of sp³-hybridized carbons (Fsp3) is 0.917. The molecular formula is C12H21NO7. The second kappa shape index (κ2) is 5.92. The monoisotopic (exact) mass is 291 g/mol. The molecule has 2 saturated heterocycles. The predicted molar refractivity (Wildman–Crippen MR) is 65.6 cm³/mol. The zero-order chi connectivity index (χ0) is 14.9. The Bertz CT molecular complexity index is 362. The molecule has 0 radical (unpaired) electrons. The molecule has 0 spiro atoms. The first-order valence-corrected chi connectivity index (χ1v) is 6.46. The van der Waals surface area contributed by atoms with E-state index in [1.165, 1.54) is 7.11 Å². The molecule has 0 aromatic rings. The van der Waals surface area contributed by atoms with Crippen molar-refractivity contribution in [2.45, 2.75) is 50.3 Å². The quantitative estimate of drug-likeness (QED) is 0.557. The highest BCUT2D eigenvalue weighted by Crippen LogP contribution is 2.38. The number of hydrogen-bond donors (Lipinski definition) is 3. The van der Waals surface area contributed by atoms with Gasteiger partial charge in [0.1, 0.15) is 24.9 Å². The van der Waals surface area contributed by atoms with Gasteiger partial charge in [-0.25, -0.2) is 0 Å². The van der Waals surface area contributed by atoms with Crippen LogP contribution in [0.5, 0.6) is 0 Å². The molecule has 116 valence electrons. The van der Waals surface area contributed by atoms with Crippen LogP contribution in [0, 0.1) is 0 Å². The number of aliphatic hydroxyl groups is 2. The first-order chi connectivity index (χ1) is 9.38. The van der Waals surface area contributed by atoms with E-state index < -0.39 is 43.0 Å². The molecule has 8 nitrogen and oxygen atoms in total. The fourth-order valence-corrected chi connectivity index (χ4v) is 2.49. The Morgan fingerprint density at radius 1 is 1.45 bits per heavy atom. The van der Waals surface area contributed by atoms with Crippen LogP contribution >= 0.6 is 0 Å². The van der Waals surface area contributed by atoms with Gasteiger partial charge in [0, 0.05) is 7.11 Å². The lowest BCUT2D eigenvalue weighted by Crippen LogP contribution is -2.53. The van der Waals surface area contributed by atoms with E-state index in [1.54, 1.807) is 13.8 Å². The molecule has 0 aromatic carbocycles. The molecule has 2 aliphatic rings. The number of aliphatic hydroxyl groups excluding tert-OH is 2. The minimum absolute atomic E-state index is 0.111. The third-order valence-electron chi connectivity index (χ3n) is 3.26. The van der Waals surface area contributed by atoms with Crippen molar-refractivity contribution >= 4 is 5.91 Å². The van der Waals surface area contributed by atoms with Crippen molar-refractivity contribution in [3.8, 4) is 0 Å². The van der Waals surface area contributed by atoms with E-state index in [9.17, 15) is 9.90 Å². The van der Waals surface area contributed by atoms with Crippen molar-refractivity contribution in [2.75, 3.05) is 20.3 Å². The SMILES string of the molecule is COCC(=O)N[C@@H]1[C@H]2OC(C)(C)O[C@H]2O[C@@H]1[C@H](O)CO. The van der Waals surface area contributed by atoms with Gasteiger partial charge >= 0.3 is 0 Å². The maximum absolute atomic E-state index is 11.7. The third kappa shape index (κ3) is 3.11. The number of fused-ring (bicyclic) bond motifs is 1. The molecule has 5 atom stereocenters. The van der Waals surface area contributed by atoms with Gasteiger partial charge < -0.3 is 34.5 Å². The number of ether oxygens (including phenoxy) is 4. The van der Waals surface area contributed by atoms with E-state index in [4.69, 9.17) is 24.1 Å². The van der Waals surface area contributed by atoms with E-state index in [1.807, 2.05) is 0 Å². The minimum atomic E-state index is -1.14. The first kappa shape index (κ1) is 15.6. The van der Waals surface area contributed by atoms with Crippen LogP contribution in [0.15, 0.2) is 0 Å². The Morgan fingerprint density at radius 3 is 2.75 bits per heavy atom. The van der Waals surface area contributed by atoms with E-state index in [-0.39, 0.29) is 12.5 Å². The molecule has 1 amide bonds. The van der Waals surface area contributed by atoms with Gasteiger partial charge in [-0.2, -0.15) is 0 Å².